The van der Waals surface area contributed by atoms with E-state index >= 15 is 0 Å². The summed E-state index contributed by atoms with van der Waals surface area (Å²) in [4.78, 5) is 30.1. The fraction of sp³-hybridized carbons (Fsp3) is 0.296. The fourth-order valence-electron chi connectivity index (χ4n) is 5.26. The van der Waals surface area contributed by atoms with Crippen LogP contribution in [0.1, 0.15) is 51.8 Å². The predicted octanol–water partition coefficient (Wildman–Crippen LogP) is 6.16. The Balaban J connectivity index is 1.40. The average molecular weight is 480 g/mol. The summed E-state index contributed by atoms with van der Waals surface area (Å²) in [7, 11) is 0. The maximum atomic E-state index is 13.6. The number of pyridine rings is 1. The molecule has 1 aliphatic heterocycles. The number of alkyl halides is 3. The highest BCUT2D eigenvalue weighted by molar-refractivity contribution is 5.80. The van der Waals surface area contributed by atoms with E-state index in [-0.39, 0.29) is 37.5 Å². The molecule has 0 radical (unpaired) electrons. The number of rotatable bonds is 4. The summed E-state index contributed by atoms with van der Waals surface area (Å²) in [6, 6.07) is 16.3. The molecule has 1 aliphatic carbocycles. The molecule has 0 spiro atoms. The highest BCUT2D eigenvalue weighted by Gasteiger charge is 2.46. The van der Waals surface area contributed by atoms with Crippen molar-refractivity contribution in [1.82, 2.24) is 9.88 Å². The van der Waals surface area contributed by atoms with E-state index in [1.165, 1.54) is 23.4 Å². The Hall–Kier alpha value is -3.68. The van der Waals surface area contributed by atoms with Crippen LogP contribution in [-0.2, 0) is 4.74 Å². The van der Waals surface area contributed by atoms with Gasteiger partial charge in [-0.25, -0.2) is 4.79 Å². The third-order valence-corrected chi connectivity index (χ3v) is 7.01. The standard InChI is InChI=1S/C27H23F3N2O3/c28-27(29,30)18-10-12-32(25(13-18)23-14-31-11-9-17(23)15-33)26(34)35-16-24-21-7-3-1-5-19(21)20-6-2-4-8-22(20)24/h1-9,11,14-15,18,24-25H,10,12-13,16H2. The molecular formula is C27H23F3N2O3. The zero-order valence-corrected chi connectivity index (χ0v) is 18.7. The minimum Gasteiger partial charge on any atom is -0.448 e. The number of amides is 1. The van der Waals surface area contributed by atoms with Crippen molar-refractivity contribution in [3.63, 3.8) is 0 Å². The van der Waals surface area contributed by atoms with E-state index in [2.05, 4.69) is 4.98 Å². The molecule has 1 amide bonds. The fourth-order valence-corrected chi connectivity index (χ4v) is 5.26. The number of ether oxygens (including phenoxy) is 1. The van der Waals surface area contributed by atoms with Gasteiger partial charge in [0.15, 0.2) is 6.29 Å². The molecule has 35 heavy (non-hydrogen) atoms. The summed E-state index contributed by atoms with van der Waals surface area (Å²) in [5.41, 5.74) is 4.76. The quantitative estimate of drug-likeness (QED) is 0.420. The smallest absolute Gasteiger partial charge is 0.410 e. The number of hydrogen-bond acceptors (Lipinski definition) is 4. The SMILES string of the molecule is O=Cc1ccncc1C1CC(C(F)(F)F)CCN1C(=O)OCC1c2ccccc2-c2ccccc21. The topological polar surface area (TPSA) is 59.5 Å². The van der Waals surface area contributed by atoms with Gasteiger partial charge in [0, 0.05) is 36.0 Å². The predicted molar refractivity (Wildman–Crippen MR) is 123 cm³/mol. The Morgan fingerprint density at radius 1 is 1.03 bits per heavy atom. The molecule has 2 aromatic carbocycles. The molecule has 1 aromatic heterocycles. The first-order valence-electron chi connectivity index (χ1n) is 11.5. The van der Waals surface area contributed by atoms with Crippen LogP contribution in [0.5, 0.6) is 0 Å². The van der Waals surface area contributed by atoms with Gasteiger partial charge in [0.05, 0.1) is 12.0 Å². The van der Waals surface area contributed by atoms with E-state index in [9.17, 15) is 22.8 Å². The lowest BCUT2D eigenvalue weighted by Gasteiger charge is -2.40. The third kappa shape index (κ3) is 4.29. The van der Waals surface area contributed by atoms with E-state index < -0.39 is 24.2 Å². The normalized spacial score (nSPS) is 19.7. The molecule has 0 saturated carbocycles. The molecule has 0 N–H and O–H groups in total. The molecule has 2 heterocycles. The molecule has 2 aliphatic rings. The first-order chi connectivity index (χ1) is 16.9. The maximum absolute atomic E-state index is 13.6. The van der Waals surface area contributed by atoms with Gasteiger partial charge in [0.2, 0.25) is 0 Å². The number of aldehydes is 1. The molecular weight excluding hydrogens is 457 g/mol. The van der Waals surface area contributed by atoms with Gasteiger partial charge >= 0.3 is 12.3 Å². The zero-order chi connectivity index (χ0) is 24.6. The van der Waals surface area contributed by atoms with Crippen LogP contribution in [0, 0.1) is 5.92 Å². The number of carbonyl (C=O) groups is 2. The molecule has 5 nitrogen and oxygen atoms in total. The second-order valence-corrected chi connectivity index (χ2v) is 8.90. The minimum absolute atomic E-state index is 0.0619. The summed E-state index contributed by atoms with van der Waals surface area (Å²) in [5.74, 6) is -1.74. The maximum Gasteiger partial charge on any atom is 0.410 e. The molecule has 1 saturated heterocycles. The van der Waals surface area contributed by atoms with Gasteiger partial charge in [-0.15, -0.1) is 0 Å². The number of aromatic nitrogens is 1. The first-order valence-corrected chi connectivity index (χ1v) is 11.5. The number of halogens is 3. The highest BCUT2D eigenvalue weighted by Crippen LogP contribution is 2.45. The van der Waals surface area contributed by atoms with Crippen LogP contribution in [0.15, 0.2) is 67.0 Å². The Kier molecular flexibility index (Phi) is 6.05. The van der Waals surface area contributed by atoms with Crippen LogP contribution in [-0.4, -0.2) is 41.6 Å². The van der Waals surface area contributed by atoms with Crippen molar-refractivity contribution in [3.05, 3.63) is 89.2 Å². The van der Waals surface area contributed by atoms with Crippen molar-refractivity contribution >= 4 is 12.4 Å². The summed E-state index contributed by atoms with van der Waals surface area (Å²) < 4.78 is 46.4. The molecule has 180 valence electrons. The van der Waals surface area contributed by atoms with Crippen LogP contribution in [0.25, 0.3) is 11.1 Å². The van der Waals surface area contributed by atoms with Crippen molar-refractivity contribution < 1.29 is 27.5 Å². The van der Waals surface area contributed by atoms with E-state index in [0.29, 0.717) is 11.8 Å². The molecule has 1 fully saturated rings. The van der Waals surface area contributed by atoms with Crippen molar-refractivity contribution in [2.24, 2.45) is 5.92 Å². The second-order valence-electron chi connectivity index (χ2n) is 8.90. The Bertz CT molecular complexity index is 1210. The van der Waals surface area contributed by atoms with Gasteiger partial charge in [-0.3, -0.25) is 9.78 Å². The van der Waals surface area contributed by atoms with E-state index in [1.807, 2.05) is 48.5 Å². The van der Waals surface area contributed by atoms with Gasteiger partial charge in [-0.05, 0) is 41.2 Å². The van der Waals surface area contributed by atoms with Gasteiger partial charge in [-0.1, -0.05) is 48.5 Å². The van der Waals surface area contributed by atoms with E-state index in [4.69, 9.17) is 4.74 Å². The molecule has 8 heteroatoms. The average Bonchev–Trinajstić information content (AvgIpc) is 3.20. The number of fused-ring (bicyclic) bond motifs is 3. The van der Waals surface area contributed by atoms with E-state index in [1.54, 1.807) is 0 Å². The first kappa shape index (κ1) is 23.1. The summed E-state index contributed by atoms with van der Waals surface area (Å²) in [6.07, 6.45) is -2.33. The van der Waals surface area contributed by atoms with Gasteiger partial charge in [0.1, 0.15) is 6.61 Å². The van der Waals surface area contributed by atoms with Crippen LogP contribution >= 0.6 is 0 Å². The van der Waals surface area contributed by atoms with Crippen LogP contribution in [0.3, 0.4) is 0 Å². The van der Waals surface area contributed by atoms with Crippen molar-refractivity contribution in [3.8, 4) is 11.1 Å². The molecule has 5 rings (SSSR count). The zero-order valence-electron chi connectivity index (χ0n) is 18.7. The molecule has 2 atom stereocenters. The third-order valence-electron chi connectivity index (χ3n) is 7.01. The lowest BCUT2D eigenvalue weighted by atomic mass is 9.86. The van der Waals surface area contributed by atoms with Gasteiger partial charge < -0.3 is 9.64 Å². The van der Waals surface area contributed by atoms with Gasteiger partial charge in [-0.2, -0.15) is 13.2 Å². The molecule has 0 bridgehead atoms. The molecule has 3 aromatic rings. The monoisotopic (exact) mass is 480 g/mol. The highest BCUT2D eigenvalue weighted by atomic mass is 19.4. The number of carbonyl (C=O) groups excluding carboxylic acids is 2. The lowest BCUT2D eigenvalue weighted by Crippen LogP contribution is -2.45. The van der Waals surface area contributed by atoms with E-state index in [0.717, 1.165) is 22.3 Å². The summed E-state index contributed by atoms with van der Waals surface area (Å²) in [6.45, 7) is -0.0644. The van der Waals surface area contributed by atoms with Crippen LogP contribution in [0.2, 0.25) is 0 Å². The number of piperidine rings is 1. The van der Waals surface area contributed by atoms with Crippen LogP contribution in [0.4, 0.5) is 18.0 Å². The van der Waals surface area contributed by atoms with Gasteiger partial charge in [0.25, 0.3) is 0 Å². The summed E-state index contributed by atoms with van der Waals surface area (Å²) >= 11 is 0. The number of likely N-dealkylation sites (tertiary alicyclic amines) is 1. The Morgan fingerprint density at radius 3 is 2.31 bits per heavy atom. The lowest BCUT2D eigenvalue weighted by molar-refractivity contribution is -0.189. The largest absolute Gasteiger partial charge is 0.448 e. The van der Waals surface area contributed by atoms with Crippen molar-refractivity contribution in [2.45, 2.75) is 31.0 Å². The number of nitrogens with zero attached hydrogens (tertiary/aromatic N) is 2. The summed E-state index contributed by atoms with van der Waals surface area (Å²) in [5, 5.41) is 0. The van der Waals surface area contributed by atoms with Crippen molar-refractivity contribution in [2.75, 3.05) is 13.2 Å². The minimum atomic E-state index is -4.39. The molecule has 2 unspecified atom stereocenters. The van der Waals surface area contributed by atoms with Crippen LogP contribution < -0.4 is 0 Å². The Labute approximate surface area is 200 Å². The van der Waals surface area contributed by atoms with Crippen molar-refractivity contribution in [1.29, 1.82) is 0 Å². The Morgan fingerprint density at radius 2 is 1.69 bits per heavy atom. The number of benzene rings is 2. The number of hydrogen-bond donors (Lipinski definition) is 0. The second kappa shape index (κ2) is 9.17.